The summed E-state index contributed by atoms with van der Waals surface area (Å²) in [7, 11) is 1.49. The van der Waals surface area contributed by atoms with Crippen LogP contribution in [0.5, 0.6) is 11.5 Å². The van der Waals surface area contributed by atoms with E-state index in [-0.39, 0.29) is 5.56 Å². The molecule has 0 atom stereocenters. The number of thiazole rings is 1. The van der Waals surface area contributed by atoms with E-state index in [4.69, 9.17) is 14.6 Å². The number of carboxylic acid groups (broad SMARTS) is 1. The van der Waals surface area contributed by atoms with Crippen LogP contribution in [0.4, 0.5) is 0 Å². The first-order valence-electron chi connectivity index (χ1n) is 5.55. The lowest BCUT2D eigenvalue weighted by molar-refractivity contribution is 0.0691. The minimum absolute atomic E-state index is 0.0839. The summed E-state index contributed by atoms with van der Waals surface area (Å²) in [6.45, 7) is 2.21. The molecule has 19 heavy (non-hydrogen) atoms. The maximum absolute atomic E-state index is 11.2. The van der Waals surface area contributed by atoms with Crippen LogP contribution < -0.4 is 9.47 Å². The average Bonchev–Trinajstić information content (AvgIpc) is 2.82. The average molecular weight is 279 g/mol. The van der Waals surface area contributed by atoms with E-state index in [1.807, 2.05) is 6.92 Å². The number of carboxylic acids is 1. The van der Waals surface area contributed by atoms with E-state index in [1.54, 1.807) is 18.3 Å². The number of ether oxygens (including phenoxy) is 2. The van der Waals surface area contributed by atoms with Crippen molar-refractivity contribution in [1.82, 2.24) is 4.98 Å². The third kappa shape index (κ3) is 3.23. The maximum atomic E-state index is 11.2. The van der Waals surface area contributed by atoms with Gasteiger partial charge in [-0.05, 0) is 25.1 Å². The number of nitrogens with zero attached hydrogens (tertiary/aromatic N) is 1. The standard InChI is InChI=1S/C13H13NO4S/c1-8-14-6-10(19-8)7-18-12-4-3-9(17-2)5-11(12)13(15)16/h3-6H,7H2,1-2H3,(H,15,16). The molecule has 1 heterocycles. The molecule has 0 amide bonds. The summed E-state index contributed by atoms with van der Waals surface area (Å²) in [5.41, 5.74) is 0.0839. The number of methoxy groups -OCH3 is 1. The zero-order valence-corrected chi connectivity index (χ0v) is 11.4. The molecule has 0 fully saturated rings. The van der Waals surface area contributed by atoms with Gasteiger partial charge in [0.15, 0.2) is 0 Å². The second-order valence-corrected chi connectivity index (χ2v) is 5.12. The highest BCUT2D eigenvalue weighted by Crippen LogP contribution is 2.25. The van der Waals surface area contributed by atoms with Crippen molar-refractivity contribution < 1.29 is 19.4 Å². The first-order valence-corrected chi connectivity index (χ1v) is 6.37. The van der Waals surface area contributed by atoms with Gasteiger partial charge in [0, 0.05) is 6.20 Å². The summed E-state index contributed by atoms with van der Waals surface area (Å²) in [6, 6.07) is 4.70. The van der Waals surface area contributed by atoms with Crippen LogP contribution in [0.25, 0.3) is 0 Å². The van der Waals surface area contributed by atoms with Crippen molar-refractivity contribution in [2.24, 2.45) is 0 Å². The van der Waals surface area contributed by atoms with Gasteiger partial charge < -0.3 is 14.6 Å². The van der Waals surface area contributed by atoms with E-state index in [2.05, 4.69) is 4.98 Å². The highest BCUT2D eigenvalue weighted by Gasteiger charge is 2.13. The van der Waals surface area contributed by atoms with Crippen LogP contribution in [0.2, 0.25) is 0 Å². The van der Waals surface area contributed by atoms with Gasteiger partial charge in [0.25, 0.3) is 0 Å². The van der Waals surface area contributed by atoms with Gasteiger partial charge in [0.2, 0.25) is 0 Å². The summed E-state index contributed by atoms with van der Waals surface area (Å²) < 4.78 is 10.5. The molecule has 0 aliphatic carbocycles. The molecule has 0 aliphatic heterocycles. The van der Waals surface area contributed by atoms with Gasteiger partial charge in [-0.2, -0.15) is 0 Å². The van der Waals surface area contributed by atoms with Crippen LogP contribution in [0.1, 0.15) is 20.2 Å². The number of hydrogen-bond acceptors (Lipinski definition) is 5. The topological polar surface area (TPSA) is 68.7 Å². The number of hydrogen-bond donors (Lipinski definition) is 1. The maximum Gasteiger partial charge on any atom is 0.339 e. The molecule has 0 bridgehead atoms. The van der Waals surface area contributed by atoms with Crippen molar-refractivity contribution in [1.29, 1.82) is 0 Å². The molecule has 6 heteroatoms. The first-order chi connectivity index (χ1) is 9.10. The molecule has 0 unspecified atom stereocenters. The molecule has 0 spiro atoms. The Bertz CT molecular complexity index is 594. The zero-order valence-electron chi connectivity index (χ0n) is 10.5. The van der Waals surface area contributed by atoms with E-state index in [0.717, 1.165) is 9.88 Å². The van der Waals surface area contributed by atoms with Crippen LogP contribution in [0.3, 0.4) is 0 Å². The van der Waals surface area contributed by atoms with Gasteiger partial charge in [0.05, 0.1) is 17.0 Å². The molecular formula is C13H13NO4S. The molecule has 1 aromatic heterocycles. The van der Waals surface area contributed by atoms with Crippen LogP contribution in [-0.2, 0) is 6.61 Å². The number of aryl methyl sites for hydroxylation is 1. The lowest BCUT2D eigenvalue weighted by Crippen LogP contribution is -2.03. The molecular weight excluding hydrogens is 266 g/mol. The Hall–Kier alpha value is -2.08. The smallest absolute Gasteiger partial charge is 0.339 e. The summed E-state index contributed by atoms with van der Waals surface area (Å²) in [4.78, 5) is 16.2. The normalized spacial score (nSPS) is 10.2. The minimum atomic E-state index is -1.05. The van der Waals surface area contributed by atoms with Gasteiger partial charge in [-0.25, -0.2) is 9.78 Å². The fourth-order valence-corrected chi connectivity index (χ4v) is 2.26. The van der Waals surface area contributed by atoms with Crippen molar-refractivity contribution in [2.45, 2.75) is 13.5 Å². The van der Waals surface area contributed by atoms with Crippen molar-refractivity contribution in [2.75, 3.05) is 7.11 Å². The van der Waals surface area contributed by atoms with Gasteiger partial charge >= 0.3 is 5.97 Å². The highest BCUT2D eigenvalue weighted by atomic mass is 32.1. The van der Waals surface area contributed by atoms with Crippen molar-refractivity contribution >= 4 is 17.3 Å². The summed E-state index contributed by atoms with van der Waals surface area (Å²) in [5.74, 6) is -0.243. The fraction of sp³-hybridized carbons (Fsp3) is 0.231. The summed E-state index contributed by atoms with van der Waals surface area (Å²) in [6.07, 6.45) is 1.73. The van der Waals surface area contributed by atoms with E-state index in [0.29, 0.717) is 18.1 Å². The molecule has 0 radical (unpaired) electrons. The number of rotatable bonds is 5. The Morgan fingerprint density at radius 2 is 2.26 bits per heavy atom. The van der Waals surface area contributed by atoms with Gasteiger partial charge in [0.1, 0.15) is 23.7 Å². The lowest BCUT2D eigenvalue weighted by atomic mass is 10.2. The van der Waals surface area contributed by atoms with Crippen LogP contribution >= 0.6 is 11.3 Å². The summed E-state index contributed by atoms with van der Waals surface area (Å²) >= 11 is 1.52. The summed E-state index contributed by atoms with van der Waals surface area (Å²) in [5, 5.41) is 10.1. The van der Waals surface area contributed by atoms with Gasteiger partial charge in [-0.15, -0.1) is 11.3 Å². The predicted octanol–water partition coefficient (Wildman–Crippen LogP) is 2.74. The number of carbonyl (C=O) groups is 1. The van der Waals surface area contributed by atoms with Crippen LogP contribution in [0, 0.1) is 6.92 Å². The van der Waals surface area contributed by atoms with Gasteiger partial charge in [-0.3, -0.25) is 0 Å². The predicted molar refractivity (Wildman–Crippen MR) is 71.1 cm³/mol. The lowest BCUT2D eigenvalue weighted by Gasteiger charge is -2.09. The number of aromatic carboxylic acids is 1. The second kappa shape index (κ2) is 5.71. The molecule has 100 valence electrons. The highest BCUT2D eigenvalue weighted by molar-refractivity contribution is 7.11. The largest absolute Gasteiger partial charge is 0.497 e. The molecule has 0 aliphatic rings. The van der Waals surface area contributed by atoms with Crippen LogP contribution in [0.15, 0.2) is 24.4 Å². The Balaban J connectivity index is 2.17. The molecule has 1 N–H and O–H groups in total. The van der Waals surface area contributed by atoms with E-state index < -0.39 is 5.97 Å². The van der Waals surface area contributed by atoms with E-state index in [1.165, 1.54) is 24.5 Å². The Morgan fingerprint density at radius 1 is 1.47 bits per heavy atom. The van der Waals surface area contributed by atoms with Gasteiger partial charge in [-0.1, -0.05) is 0 Å². The van der Waals surface area contributed by atoms with E-state index in [9.17, 15) is 4.79 Å². The molecule has 5 nitrogen and oxygen atoms in total. The van der Waals surface area contributed by atoms with Crippen LogP contribution in [-0.4, -0.2) is 23.2 Å². The quantitative estimate of drug-likeness (QED) is 0.911. The first kappa shape index (κ1) is 13.4. The minimum Gasteiger partial charge on any atom is -0.497 e. The molecule has 0 saturated carbocycles. The molecule has 0 saturated heterocycles. The second-order valence-electron chi connectivity index (χ2n) is 3.80. The Labute approximate surface area is 114 Å². The number of aromatic nitrogens is 1. The Morgan fingerprint density at radius 3 is 2.84 bits per heavy atom. The third-order valence-electron chi connectivity index (χ3n) is 2.46. The van der Waals surface area contributed by atoms with Crippen molar-refractivity contribution in [3.05, 3.63) is 39.8 Å². The molecule has 2 aromatic rings. The monoisotopic (exact) mass is 279 g/mol. The zero-order chi connectivity index (χ0) is 13.8. The Kier molecular flexibility index (Phi) is 4.01. The number of benzene rings is 1. The van der Waals surface area contributed by atoms with E-state index >= 15 is 0 Å². The fourth-order valence-electron chi connectivity index (χ4n) is 1.55. The molecule has 1 aromatic carbocycles. The molecule has 2 rings (SSSR count). The third-order valence-corrected chi connectivity index (χ3v) is 3.34. The van der Waals surface area contributed by atoms with Crippen molar-refractivity contribution in [3.63, 3.8) is 0 Å². The SMILES string of the molecule is COc1ccc(OCc2cnc(C)s2)c(C(=O)O)c1. The van der Waals surface area contributed by atoms with Crippen molar-refractivity contribution in [3.8, 4) is 11.5 Å².